The number of nitrogens with zero attached hydrogens (tertiary/aromatic N) is 1. The second-order valence-electron chi connectivity index (χ2n) is 11.8. The van der Waals surface area contributed by atoms with Gasteiger partial charge in [-0.15, -0.1) is 0 Å². The van der Waals surface area contributed by atoms with Gasteiger partial charge in [0.1, 0.15) is 5.75 Å². The summed E-state index contributed by atoms with van der Waals surface area (Å²) in [6, 6.07) is 22.3. The lowest BCUT2D eigenvalue weighted by Crippen LogP contribution is -2.39. The second kappa shape index (κ2) is 10.1. The maximum Gasteiger partial charge on any atom is 0.238 e. The van der Waals surface area contributed by atoms with Crippen LogP contribution in [0.3, 0.4) is 0 Å². The highest BCUT2D eigenvalue weighted by molar-refractivity contribution is 6.25. The smallest absolute Gasteiger partial charge is 0.238 e. The topological polar surface area (TPSA) is 104 Å². The number of carbonyl (C=O) groups is 4. The first kappa shape index (κ1) is 26.8. The SMILES string of the molecule is CC1=CC(=O)C2=C(C1=O)[C@@H](c1cccc(C)c1O)C1=CC[C@@H]3C(=O)N(c4ccc(Nc5ccccc5)cc4)C(=O)[C@@H]3[C@@H]1C2. The lowest BCUT2D eigenvalue weighted by atomic mass is 9.59. The first-order chi connectivity index (χ1) is 20.7. The zero-order valence-corrected chi connectivity index (χ0v) is 23.8. The quantitative estimate of drug-likeness (QED) is 0.224. The number of carbonyl (C=O) groups excluding carboxylic acids is 4. The number of fused-ring (bicyclic) bond motifs is 3. The highest BCUT2D eigenvalue weighted by Crippen LogP contribution is 2.56. The Balaban J connectivity index is 1.26. The summed E-state index contributed by atoms with van der Waals surface area (Å²) in [5, 5.41) is 14.5. The number of phenolic OH excluding ortho intramolecular Hbond substituents is 1. The zero-order chi connectivity index (χ0) is 30.0. The van der Waals surface area contributed by atoms with E-state index in [4.69, 9.17) is 0 Å². The van der Waals surface area contributed by atoms with Crippen LogP contribution in [-0.2, 0) is 19.2 Å². The number of rotatable bonds is 4. The largest absolute Gasteiger partial charge is 0.507 e. The average Bonchev–Trinajstić information content (AvgIpc) is 3.27. The molecule has 1 aliphatic heterocycles. The number of allylic oxidation sites excluding steroid dienone is 6. The van der Waals surface area contributed by atoms with Gasteiger partial charge in [-0.2, -0.15) is 0 Å². The van der Waals surface area contributed by atoms with Gasteiger partial charge in [0.05, 0.1) is 17.5 Å². The fraction of sp³-hybridized carbons (Fsp3) is 0.222. The van der Waals surface area contributed by atoms with Gasteiger partial charge in [0.25, 0.3) is 0 Å². The Labute approximate surface area is 249 Å². The van der Waals surface area contributed by atoms with Gasteiger partial charge >= 0.3 is 0 Å². The molecule has 1 heterocycles. The van der Waals surface area contributed by atoms with Crippen LogP contribution in [0.1, 0.15) is 36.8 Å². The van der Waals surface area contributed by atoms with Gasteiger partial charge in [-0.3, -0.25) is 24.1 Å². The molecule has 3 aliphatic carbocycles. The number of nitrogens with one attached hydrogen (secondary N) is 1. The predicted molar refractivity (Wildman–Crippen MR) is 163 cm³/mol. The number of phenols is 1. The number of amides is 2. The molecule has 0 spiro atoms. The third-order valence-electron chi connectivity index (χ3n) is 9.33. The number of aryl methyl sites for hydroxylation is 1. The average molecular weight is 571 g/mol. The van der Waals surface area contributed by atoms with Gasteiger partial charge < -0.3 is 10.4 Å². The Hall–Kier alpha value is -5.04. The fourth-order valence-electron chi connectivity index (χ4n) is 7.27. The molecule has 214 valence electrons. The minimum Gasteiger partial charge on any atom is -0.507 e. The van der Waals surface area contributed by atoms with Crippen LogP contribution in [0.25, 0.3) is 0 Å². The van der Waals surface area contributed by atoms with Crippen molar-refractivity contribution in [2.75, 3.05) is 10.2 Å². The number of hydrogen-bond acceptors (Lipinski definition) is 6. The molecule has 1 saturated heterocycles. The number of Topliss-reactive ketones (excluding diaryl/α,β-unsaturated/α-hetero) is 1. The number of benzene rings is 3. The molecule has 1 fully saturated rings. The van der Waals surface area contributed by atoms with E-state index < -0.39 is 23.7 Å². The van der Waals surface area contributed by atoms with Gasteiger partial charge in [0.2, 0.25) is 11.8 Å². The van der Waals surface area contributed by atoms with Crippen molar-refractivity contribution in [3.05, 3.63) is 118 Å². The summed E-state index contributed by atoms with van der Waals surface area (Å²) in [6.07, 6.45) is 3.87. The van der Waals surface area contributed by atoms with Crippen molar-refractivity contribution in [2.45, 2.75) is 32.6 Å². The molecule has 7 rings (SSSR count). The van der Waals surface area contributed by atoms with E-state index in [9.17, 15) is 24.3 Å². The number of aromatic hydroxyl groups is 1. The van der Waals surface area contributed by atoms with Gasteiger partial charge in [-0.05, 0) is 80.6 Å². The molecule has 0 bridgehead atoms. The van der Waals surface area contributed by atoms with E-state index in [1.165, 1.54) is 11.0 Å². The maximum atomic E-state index is 14.1. The number of anilines is 3. The van der Waals surface area contributed by atoms with Crippen LogP contribution in [0.5, 0.6) is 5.75 Å². The molecule has 3 aromatic rings. The van der Waals surface area contributed by atoms with E-state index in [0.29, 0.717) is 40.0 Å². The Bertz CT molecular complexity index is 1820. The molecule has 7 heteroatoms. The van der Waals surface area contributed by atoms with Gasteiger partial charge in [0.15, 0.2) is 11.6 Å². The van der Waals surface area contributed by atoms with E-state index in [-0.39, 0.29) is 35.6 Å². The Morgan fingerprint density at radius 1 is 0.814 bits per heavy atom. The van der Waals surface area contributed by atoms with E-state index in [1.807, 2.05) is 54.6 Å². The molecule has 43 heavy (non-hydrogen) atoms. The number of ketones is 2. The fourth-order valence-corrected chi connectivity index (χ4v) is 7.27. The summed E-state index contributed by atoms with van der Waals surface area (Å²) in [5.41, 5.74) is 5.37. The second-order valence-corrected chi connectivity index (χ2v) is 11.8. The van der Waals surface area contributed by atoms with Crippen molar-refractivity contribution in [1.82, 2.24) is 0 Å². The van der Waals surface area contributed by atoms with E-state index in [0.717, 1.165) is 16.9 Å². The van der Waals surface area contributed by atoms with Crippen molar-refractivity contribution in [3.63, 3.8) is 0 Å². The third kappa shape index (κ3) is 4.18. The van der Waals surface area contributed by atoms with Crippen LogP contribution in [0.2, 0.25) is 0 Å². The first-order valence-corrected chi connectivity index (χ1v) is 14.5. The summed E-state index contributed by atoms with van der Waals surface area (Å²) in [7, 11) is 0. The van der Waals surface area contributed by atoms with Crippen molar-refractivity contribution in [2.24, 2.45) is 17.8 Å². The maximum absolute atomic E-state index is 14.1. The summed E-state index contributed by atoms with van der Waals surface area (Å²) in [6.45, 7) is 3.42. The molecule has 2 amide bonds. The zero-order valence-electron chi connectivity index (χ0n) is 23.8. The van der Waals surface area contributed by atoms with Crippen molar-refractivity contribution in [3.8, 4) is 5.75 Å². The van der Waals surface area contributed by atoms with Crippen LogP contribution in [0.15, 0.2) is 107 Å². The monoisotopic (exact) mass is 570 g/mol. The van der Waals surface area contributed by atoms with Crippen LogP contribution in [-0.4, -0.2) is 28.5 Å². The normalized spacial score (nSPS) is 24.7. The van der Waals surface area contributed by atoms with Crippen molar-refractivity contribution >= 4 is 40.4 Å². The Kier molecular flexibility index (Phi) is 6.27. The van der Waals surface area contributed by atoms with Gasteiger partial charge in [-0.1, -0.05) is 48.0 Å². The summed E-state index contributed by atoms with van der Waals surface area (Å²) in [5.74, 6) is -3.33. The van der Waals surface area contributed by atoms with E-state index >= 15 is 0 Å². The minimum atomic E-state index is -0.673. The number of para-hydroxylation sites is 2. The van der Waals surface area contributed by atoms with E-state index in [2.05, 4.69) is 5.32 Å². The lowest BCUT2D eigenvalue weighted by molar-refractivity contribution is -0.123. The first-order valence-electron chi connectivity index (χ1n) is 14.5. The Morgan fingerprint density at radius 3 is 2.28 bits per heavy atom. The highest BCUT2D eigenvalue weighted by Gasteiger charge is 2.56. The molecule has 0 unspecified atom stereocenters. The summed E-state index contributed by atoms with van der Waals surface area (Å²) in [4.78, 5) is 56.1. The van der Waals surface area contributed by atoms with Crippen molar-refractivity contribution in [1.29, 1.82) is 0 Å². The van der Waals surface area contributed by atoms with Crippen LogP contribution < -0.4 is 10.2 Å². The molecule has 2 N–H and O–H groups in total. The van der Waals surface area contributed by atoms with Crippen LogP contribution in [0, 0.1) is 24.7 Å². The molecule has 3 aromatic carbocycles. The summed E-state index contributed by atoms with van der Waals surface area (Å²) < 4.78 is 0. The summed E-state index contributed by atoms with van der Waals surface area (Å²) >= 11 is 0. The molecule has 4 atom stereocenters. The van der Waals surface area contributed by atoms with Crippen LogP contribution >= 0.6 is 0 Å². The van der Waals surface area contributed by atoms with Gasteiger partial charge in [-0.25, -0.2) is 0 Å². The molecule has 0 saturated carbocycles. The molecule has 4 aliphatic rings. The molecule has 0 aromatic heterocycles. The highest BCUT2D eigenvalue weighted by atomic mass is 16.3. The number of hydrogen-bond donors (Lipinski definition) is 2. The van der Waals surface area contributed by atoms with E-state index in [1.54, 1.807) is 38.1 Å². The third-order valence-corrected chi connectivity index (χ3v) is 9.33. The molecular weight excluding hydrogens is 540 g/mol. The van der Waals surface area contributed by atoms with Crippen LogP contribution in [0.4, 0.5) is 17.1 Å². The molecule has 0 radical (unpaired) electrons. The molecular formula is C36H30N2O5. The van der Waals surface area contributed by atoms with Crippen molar-refractivity contribution < 1.29 is 24.3 Å². The Morgan fingerprint density at radius 2 is 1.53 bits per heavy atom. The number of imide groups is 1. The molecule has 7 nitrogen and oxygen atoms in total. The standard InChI is InChI=1S/C36H30N2O5/c1-19-7-6-10-25(33(19)40)30-24-15-16-26-31(27(24)18-28-29(39)17-20(2)34(41)32(28)30)36(43)38(35(26)42)23-13-11-22(12-14-23)37-21-8-4-3-5-9-21/h3-15,17,26-27,30-31,37,40H,16,18H2,1-2H3/t26-,27+,30+,31-/m0/s1. The lowest BCUT2D eigenvalue weighted by Gasteiger charge is -2.42. The predicted octanol–water partition coefficient (Wildman–Crippen LogP) is 6.08. The minimum absolute atomic E-state index is 0.0649. The van der Waals surface area contributed by atoms with Gasteiger partial charge in [0, 0.05) is 39.6 Å².